The van der Waals surface area contributed by atoms with Crippen LogP contribution in [-0.4, -0.2) is 17.1 Å². The number of carboxylic acids is 1. The third-order valence-corrected chi connectivity index (χ3v) is 2.27. The minimum absolute atomic E-state index is 0.0175. The van der Waals surface area contributed by atoms with Crippen LogP contribution in [0.4, 0.5) is 10.1 Å². The molecule has 1 aromatic carbocycles. The summed E-state index contributed by atoms with van der Waals surface area (Å²) in [5.74, 6) is -1.53. The molecule has 5 heteroatoms. The van der Waals surface area contributed by atoms with Crippen molar-refractivity contribution in [3.05, 3.63) is 29.0 Å². The zero-order chi connectivity index (χ0) is 11.4. The molecule has 1 aromatic rings. The summed E-state index contributed by atoms with van der Waals surface area (Å²) in [6, 6.07) is 3.38. The summed E-state index contributed by atoms with van der Waals surface area (Å²) in [6.07, 6.45) is 0.416. The summed E-state index contributed by atoms with van der Waals surface area (Å²) in [4.78, 5) is 10.7. The van der Waals surface area contributed by atoms with Gasteiger partial charge in [0.05, 0.1) is 5.02 Å². The Bertz CT molecular complexity index is 370. The van der Waals surface area contributed by atoms with E-state index < -0.39 is 17.8 Å². The highest BCUT2D eigenvalue weighted by Crippen LogP contribution is 2.19. The van der Waals surface area contributed by atoms with Gasteiger partial charge in [0.25, 0.3) is 0 Å². The Morgan fingerprint density at radius 2 is 2.33 bits per heavy atom. The van der Waals surface area contributed by atoms with Crippen molar-refractivity contribution in [1.29, 1.82) is 0 Å². The second-order valence-corrected chi connectivity index (χ2v) is 3.48. The van der Waals surface area contributed by atoms with Gasteiger partial charge in [0.1, 0.15) is 11.9 Å². The van der Waals surface area contributed by atoms with E-state index >= 15 is 0 Å². The van der Waals surface area contributed by atoms with Crippen LogP contribution in [0.25, 0.3) is 0 Å². The molecule has 0 saturated heterocycles. The van der Waals surface area contributed by atoms with E-state index in [1.807, 2.05) is 0 Å². The van der Waals surface area contributed by atoms with Crippen molar-refractivity contribution in [2.75, 3.05) is 5.32 Å². The molecule has 0 aliphatic heterocycles. The number of aliphatic carboxylic acids is 1. The summed E-state index contributed by atoms with van der Waals surface area (Å²) < 4.78 is 13.0. The number of anilines is 1. The summed E-state index contributed by atoms with van der Waals surface area (Å²) in [5, 5.41) is 11.5. The first-order valence-electron chi connectivity index (χ1n) is 4.49. The number of carboxylic acid groups (broad SMARTS) is 1. The molecular weight excluding hydrogens is 221 g/mol. The summed E-state index contributed by atoms with van der Waals surface area (Å²) >= 11 is 5.49. The number of nitrogens with one attached hydrogen (secondary N) is 1. The maximum absolute atomic E-state index is 13.0. The highest BCUT2D eigenvalue weighted by Gasteiger charge is 2.14. The van der Waals surface area contributed by atoms with Gasteiger partial charge in [0.2, 0.25) is 0 Å². The Kier molecular flexibility index (Phi) is 3.91. The SMILES string of the molecule is CCC(Nc1ccc(Cl)c(F)c1)C(=O)O. The first-order chi connectivity index (χ1) is 7.04. The summed E-state index contributed by atoms with van der Waals surface area (Å²) in [5.41, 5.74) is 0.408. The van der Waals surface area contributed by atoms with Crippen molar-refractivity contribution in [3.8, 4) is 0 Å². The predicted octanol–water partition coefficient (Wildman–Crippen LogP) is 2.75. The zero-order valence-electron chi connectivity index (χ0n) is 8.13. The molecule has 15 heavy (non-hydrogen) atoms. The maximum Gasteiger partial charge on any atom is 0.326 e. The second-order valence-electron chi connectivity index (χ2n) is 3.07. The average molecular weight is 232 g/mol. The van der Waals surface area contributed by atoms with Crippen LogP contribution in [0.15, 0.2) is 18.2 Å². The number of hydrogen-bond donors (Lipinski definition) is 2. The largest absolute Gasteiger partial charge is 0.480 e. The third kappa shape index (κ3) is 3.09. The van der Waals surface area contributed by atoms with E-state index in [0.717, 1.165) is 0 Å². The molecule has 0 aliphatic rings. The molecule has 2 N–H and O–H groups in total. The fraction of sp³-hybridized carbons (Fsp3) is 0.300. The molecule has 0 amide bonds. The zero-order valence-corrected chi connectivity index (χ0v) is 8.88. The van der Waals surface area contributed by atoms with Gasteiger partial charge in [0, 0.05) is 5.69 Å². The molecule has 0 spiro atoms. The van der Waals surface area contributed by atoms with Crippen LogP contribution in [0.1, 0.15) is 13.3 Å². The van der Waals surface area contributed by atoms with Crippen LogP contribution < -0.4 is 5.32 Å². The maximum atomic E-state index is 13.0. The topological polar surface area (TPSA) is 49.3 Å². The second kappa shape index (κ2) is 4.98. The smallest absolute Gasteiger partial charge is 0.326 e. The van der Waals surface area contributed by atoms with Gasteiger partial charge in [0.15, 0.2) is 0 Å². The molecule has 3 nitrogen and oxygen atoms in total. The molecule has 0 aliphatic carbocycles. The highest BCUT2D eigenvalue weighted by molar-refractivity contribution is 6.30. The number of hydrogen-bond acceptors (Lipinski definition) is 2. The van der Waals surface area contributed by atoms with E-state index in [4.69, 9.17) is 16.7 Å². The Hall–Kier alpha value is -1.29. The normalized spacial score (nSPS) is 12.2. The van der Waals surface area contributed by atoms with Gasteiger partial charge in [-0.05, 0) is 24.6 Å². The van der Waals surface area contributed by atoms with Crippen molar-refractivity contribution >= 4 is 23.3 Å². The minimum Gasteiger partial charge on any atom is -0.480 e. The Morgan fingerprint density at radius 1 is 1.67 bits per heavy atom. The third-order valence-electron chi connectivity index (χ3n) is 1.97. The lowest BCUT2D eigenvalue weighted by Gasteiger charge is -2.13. The van der Waals surface area contributed by atoms with E-state index in [-0.39, 0.29) is 5.02 Å². The van der Waals surface area contributed by atoms with Crippen molar-refractivity contribution in [2.24, 2.45) is 0 Å². The van der Waals surface area contributed by atoms with E-state index in [9.17, 15) is 9.18 Å². The fourth-order valence-electron chi connectivity index (χ4n) is 1.13. The minimum atomic E-state index is -0.965. The number of carbonyl (C=O) groups is 1. The molecule has 0 fully saturated rings. The number of rotatable bonds is 4. The lowest BCUT2D eigenvalue weighted by Crippen LogP contribution is -2.28. The Labute approximate surface area is 91.9 Å². The first-order valence-corrected chi connectivity index (χ1v) is 4.86. The van der Waals surface area contributed by atoms with Crippen molar-refractivity contribution in [1.82, 2.24) is 0 Å². The fourth-order valence-corrected chi connectivity index (χ4v) is 1.24. The van der Waals surface area contributed by atoms with Gasteiger partial charge < -0.3 is 10.4 Å². The van der Waals surface area contributed by atoms with Gasteiger partial charge >= 0.3 is 5.97 Å². The Morgan fingerprint density at radius 3 is 2.80 bits per heavy atom. The lowest BCUT2D eigenvalue weighted by molar-refractivity contribution is -0.137. The quantitative estimate of drug-likeness (QED) is 0.838. The number of benzene rings is 1. The highest BCUT2D eigenvalue weighted by atomic mass is 35.5. The van der Waals surface area contributed by atoms with Crippen LogP contribution >= 0.6 is 11.6 Å². The predicted molar refractivity (Wildman–Crippen MR) is 56.7 cm³/mol. The molecule has 0 aromatic heterocycles. The van der Waals surface area contributed by atoms with Gasteiger partial charge in [-0.25, -0.2) is 9.18 Å². The molecule has 0 bridgehead atoms. The standard InChI is InChI=1S/C10H11ClFNO2/c1-2-9(10(14)15)13-6-3-4-7(11)8(12)5-6/h3-5,9,13H,2H2,1H3,(H,14,15). The lowest BCUT2D eigenvalue weighted by atomic mass is 10.2. The van der Waals surface area contributed by atoms with Crippen LogP contribution in [0.2, 0.25) is 5.02 Å². The van der Waals surface area contributed by atoms with Gasteiger partial charge in [-0.2, -0.15) is 0 Å². The molecular formula is C10H11ClFNO2. The van der Waals surface area contributed by atoms with E-state index in [2.05, 4.69) is 5.32 Å². The molecule has 1 rings (SSSR count). The van der Waals surface area contributed by atoms with Gasteiger partial charge in [-0.1, -0.05) is 18.5 Å². The molecule has 82 valence electrons. The van der Waals surface area contributed by atoms with Gasteiger partial charge in [-0.15, -0.1) is 0 Å². The average Bonchev–Trinajstić information content (AvgIpc) is 2.19. The van der Waals surface area contributed by atoms with Gasteiger partial charge in [-0.3, -0.25) is 0 Å². The molecule has 0 heterocycles. The summed E-state index contributed by atoms with van der Waals surface area (Å²) in [7, 11) is 0. The van der Waals surface area contributed by atoms with E-state index in [0.29, 0.717) is 12.1 Å². The first kappa shape index (κ1) is 11.8. The molecule has 1 atom stereocenters. The monoisotopic (exact) mass is 231 g/mol. The van der Waals surface area contributed by atoms with E-state index in [1.54, 1.807) is 6.92 Å². The molecule has 0 saturated carbocycles. The van der Waals surface area contributed by atoms with Crippen molar-refractivity contribution < 1.29 is 14.3 Å². The summed E-state index contributed by atoms with van der Waals surface area (Å²) in [6.45, 7) is 1.73. The van der Waals surface area contributed by atoms with Crippen LogP contribution in [0.5, 0.6) is 0 Å². The van der Waals surface area contributed by atoms with Crippen molar-refractivity contribution in [2.45, 2.75) is 19.4 Å². The number of halogens is 2. The van der Waals surface area contributed by atoms with Crippen LogP contribution in [0, 0.1) is 5.82 Å². The Balaban J connectivity index is 2.80. The van der Waals surface area contributed by atoms with E-state index in [1.165, 1.54) is 18.2 Å². The van der Waals surface area contributed by atoms with Crippen molar-refractivity contribution in [3.63, 3.8) is 0 Å². The molecule has 0 radical (unpaired) electrons. The van der Waals surface area contributed by atoms with Crippen LogP contribution in [-0.2, 0) is 4.79 Å². The molecule has 1 unspecified atom stereocenters. The van der Waals surface area contributed by atoms with Crippen LogP contribution in [0.3, 0.4) is 0 Å².